The molecule has 4 aliphatic rings. The summed E-state index contributed by atoms with van der Waals surface area (Å²) >= 11 is 0. The third-order valence-electron chi connectivity index (χ3n) is 19.4. The van der Waals surface area contributed by atoms with Crippen LogP contribution in [0.4, 0.5) is 51.6 Å². The Morgan fingerprint density at radius 2 is 0.763 bits per heavy atom. The van der Waals surface area contributed by atoms with Crippen LogP contribution in [0.2, 0.25) is 0 Å². The Morgan fingerprint density at radius 3 is 1.10 bits per heavy atom. The van der Waals surface area contributed by atoms with E-state index in [9.17, 15) is 43.2 Å². The maximum atomic E-state index is 13.2. The van der Waals surface area contributed by atoms with Crippen LogP contribution in [0.25, 0.3) is 33.8 Å². The van der Waals surface area contributed by atoms with Gasteiger partial charge in [-0.25, -0.2) is 29.3 Å². The molecule has 7 heterocycles. The average molecular weight is 1540 g/mol. The first kappa shape index (κ1) is 81.1. The molecule has 0 atom stereocenters. The number of likely N-dealkylation sites (N-methyl/N-ethyl adjacent to an activating group) is 4. The Morgan fingerprint density at radius 1 is 0.421 bits per heavy atom. The third-order valence-corrected chi connectivity index (χ3v) is 19.4. The van der Waals surface area contributed by atoms with E-state index in [1.165, 1.54) is 33.5 Å². The van der Waals surface area contributed by atoms with Crippen molar-refractivity contribution in [3.05, 3.63) is 251 Å². The number of hydrogen-bond acceptors (Lipinski definition) is 22. The van der Waals surface area contributed by atoms with Crippen molar-refractivity contribution in [1.82, 2.24) is 34.6 Å². The number of amides is 6. The second kappa shape index (κ2) is 37.2. The van der Waals surface area contributed by atoms with Gasteiger partial charge in [-0.2, -0.15) is 0 Å². The lowest BCUT2D eigenvalue weighted by Gasteiger charge is -2.32. The highest BCUT2D eigenvalue weighted by Crippen LogP contribution is 2.41. The molecule has 1 fully saturated rings. The fourth-order valence-corrected chi connectivity index (χ4v) is 12.7. The molecule has 0 unspecified atom stereocenters. The standard InChI is InChI=1S/C30H32N6O4.2C28H29N5O4/c1-34-15-17-36(18-16-34)19-25(37)35(2)22-11-9-21(10-12-22)31-27(20-7-5-4-6-8-20)26-23-13-14-24(30(39)40-3)32-28(23)33-29(26)38;1-32(2)23(34)16-17-33(3)20-12-10-19(11-13-20)29-25(18-8-6-5-7-9-18)24-21-14-15-22(28(36)37-4)30-26(21)31-27(24)35;1-5-32(2)23(34)17-33(3)20-13-11-19(12-14-20)29-25(18-9-7-6-8-10-18)24-21-15-16-22(28(36)37-4)30-26(21)31-27(24)35/h4-14,31H,15-19H2,1-3H3,(H,32,33,38);5-15,29H,16-17H2,1-4H3,(H,30,31,35);6-16,29H,5,17H2,1-4H3,(H,30,31,35). The summed E-state index contributed by atoms with van der Waals surface area (Å²) in [6, 6.07) is 61.2. The van der Waals surface area contributed by atoms with E-state index in [0.29, 0.717) is 94.0 Å². The number of nitrogens with zero attached hydrogens (tertiary/aromatic N) is 10. The molecule has 6 amide bonds. The van der Waals surface area contributed by atoms with Crippen molar-refractivity contribution >= 4 is 139 Å². The Labute approximate surface area is 661 Å². The summed E-state index contributed by atoms with van der Waals surface area (Å²) in [6.45, 7) is 7.53. The predicted octanol–water partition coefficient (Wildman–Crippen LogP) is 10.4. The van der Waals surface area contributed by atoms with Crippen LogP contribution in [0.3, 0.4) is 0 Å². The number of nitrogens with one attached hydrogen (secondary N) is 6. The van der Waals surface area contributed by atoms with E-state index in [4.69, 9.17) is 14.2 Å². The fraction of sp³-hybridized carbons (Fsp3) is 0.233. The number of benzene rings is 6. The average Bonchev–Trinajstić information content (AvgIpc) is 1.63. The summed E-state index contributed by atoms with van der Waals surface area (Å²) in [4.78, 5) is 138. The van der Waals surface area contributed by atoms with Gasteiger partial charge >= 0.3 is 17.9 Å². The number of pyridine rings is 3. The molecular weight excluding hydrogens is 1450 g/mol. The van der Waals surface area contributed by atoms with Crippen LogP contribution < -0.4 is 46.6 Å². The second-order valence-electron chi connectivity index (χ2n) is 27.2. The first-order valence-corrected chi connectivity index (χ1v) is 36.7. The van der Waals surface area contributed by atoms with Crippen molar-refractivity contribution in [1.29, 1.82) is 0 Å². The number of esters is 3. The highest BCUT2D eigenvalue weighted by Gasteiger charge is 2.35. The number of anilines is 9. The first-order chi connectivity index (χ1) is 54.9. The number of methoxy groups -OCH3 is 3. The molecular formula is C86H90N16O12. The van der Waals surface area contributed by atoms with Crippen LogP contribution >= 0.6 is 0 Å². The molecule has 0 saturated carbocycles. The lowest BCUT2D eigenvalue weighted by molar-refractivity contribution is -0.129. The number of hydrogen-bond donors (Lipinski definition) is 6. The number of carbonyl (C=O) groups excluding carboxylic acids is 9. The zero-order chi connectivity index (χ0) is 81.3. The Hall–Kier alpha value is -13.9. The van der Waals surface area contributed by atoms with Gasteiger partial charge in [-0.05, 0) is 140 Å². The summed E-state index contributed by atoms with van der Waals surface area (Å²) in [5, 5.41) is 18.5. The van der Waals surface area contributed by atoms with E-state index < -0.39 is 17.9 Å². The molecule has 3 aromatic heterocycles. The van der Waals surface area contributed by atoms with Crippen molar-refractivity contribution < 1.29 is 57.4 Å². The molecule has 28 nitrogen and oxygen atoms in total. The Kier molecular flexibility index (Phi) is 26.5. The van der Waals surface area contributed by atoms with Crippen LogP contribution in [0, 0.1) is 0 Å². The third kappa shape index (κ3) is 19.5. The quantitative estimate of drug-likeness (QED) is 0.0197. The second-order valence-corrected chi connectivity index (χ2v) is 27.2. The Balaban J connectivity index is 0.000000169. The summed E-state index contributed by atoms with van der Waals surface area (Å²) in [5.74, 6) is -1.65. The van der Waals surface area contributed by atoms with E-state index in [0.717, 1.165) is 77.0 Å². The van der Waals surface area contributed by atoms with Gasteiger partial charge in [-0.15, -0.1) is 0 Å². The largest absolute Gasteiger partial charge is 0.464 e. The molecule has 114 heavy (non-hydrogen) atoms. The van der Waals surface area contributed by atoms with Gasteiger partial charge in [-0.1, -0.05) is 91.0 Å². The lowest BCUT2D eigenvalue weighted by Crippen LogP contribution is -2.48. The molecule has 586 valence electrons. The summed E-state index contributed by atoms with van der Waals surface area (Å²) in [7, 11) is 16.8. The minimum atomic E-state index is -0.581. The van der Waals surface area contributed by atoms with Gasteiger partial charge in [0.2, 0.25) is 17.7 Å². The van der Waals surface area contributed by atoms with Gasteiger partial charge in [0.05, 0.1) is 68.2 Å². The normalized spacial score (nSPS) is 14.5. The van der Waals surface area contributed by atoms with Crippen molar-refractivity contribution in [2.75, 3.05) is 170 Å². The smallest absolute Gasteiger partial charge is 0.356 e. The lowest BCUT2D eigenvalue weighted by atomic mass is 10.0. The summed E-state index contributed by atoms with van der Waals surface area (Å²) in [6.07, 6.45) is 0.425. The maximum absolute atomic E-state index is 13.2. The zero-order valence-corrected chi connectivity index (χ0v) is 65.3. The van der Waals surface area contributed by atoms with E-state index >= 15 is 0 Å². The first-order valence-electron chi connectivity index (χ1n) is 36.7. The van der Waals surface area contributed by atoms with Gasteiger partial charge in [0.1, 0.15) is 17.5 Å². The molecule has 1 saturated heterocycles. The Bertz CT molecular complexity index is 5170. The van der Waals surface area contributed by atoms with Gasteiger partial charge in [0.25, 0.3) is 17.7 Å². The highest BCUT2D eigenvalue weighted by molar-refractivity contribution is 6.39. The SMILES string of the molecule is CCN(C)C(=O)CN(C)c1ccc(NC(=C2C(=O)Nc3nc(C(=O)OC)ccc32)c2ccccc2)cc1.COC(=O)c1ccc2c(n1)NC(=O)C2=C(Nc1ccc(N(C)C(=O)CN2CCN(C)CC2)cc1)c1ccccc1.COC(=O)c1ccc2c(n1)NC(=O)C2=C(Nc1ccc(N(C)CCC(=O)N(C)C)cc1)c1ccccc1. The number of ether oxygens (including phenoxy) is 3. The summed E-state index contributed by atoms with van der Waals surface area (Å²) < 4.78 is 14.3. The van der Waals surface area contributed by atoms with E-state index in [1.54, 1.807) is 67.2 Å². The van der Waals surface area contributed by atoms with E-state index in [1.807, 2.05) is 195 Å². The zero-order valence-electron chi connectivity index (χ0n) is 65.3. The fourth-order valence-electron chi connectivity index (χ4n) is 12.7. The van der Waals surface area contributed by atoms with Crippen LogP contribution in [0.15, 0.2) is 200 Å². The van der Waals surface area contributed by atoms with Crippen LogP contribution in [0.5, 0.6) is 0 Å². The molecule has 0 bridgehead atoms. The summed E-state index contributed by atoms with van der Waals surface area (Å²) in [5.41, 5.74) is 12.5. The molecule has 0 spiro atoms. The molecule has 6 N–H and O–H groups in total. The maximum Gasteiger partial charge on any atom is 0.356 e. The van der Waals surface area contributed by atoms with Crippen LogP contribution in [0.1, 0.15) is 78.2 Å². The molecule has 13 rings (SSSR count). The molecule has 9 aromatic rings. The topological polar surface area (TPSA) is 315 Å². The molecule has 28 heteroatoms. The molecule has 6 aromatic carbocycles. The number of rotatable bonds is 23. The van der Waals surface area contributed by atoms with Gasteiger partial charge < -0.3 is 75.5 Å². The van der Waals surface area contributed by atoms with Gasteiger partial charge in [-0.3, -0.25) is 33.7 Å². The van der Waals surface area contributed by atoms with Crippen molar-refractivity contribution in [3.63, 3.8) is 0 Å². The molecule has 4 aliphatic heterocycles. The molecule has 0 aliphatic carbocycles. The minimum Gasteiger partial charge on any atom is -0.464 e. The van der Waals surface area contributed by atoms with Crippen molar-refractivity contribution in [2.45, 2.75) is 13.3 Å². The molecule has 0 radical (unpaired) electrons. The highest BCUT2D eigenvalue weighted by atomic mass is 16.5. The van der Waals surface area contributed by atoms with Crippen LogP contribution in [-0.4, -0.2) is 211 Å². The van der Waals surface area contributed by atoms with Crippen molar-refractivity contribution in [3.8, 4) is 0 Å². The predicted molar refractivity (Wildman–Crippen MR) is 443 cm³/mol. The van der Waals surface area contributed by atoms with E-state index in [2.05, 4.69) is 63.7 Å². The number of fused-ring (bicyclic) bond motifs is 3. The van der Waals surface area contributed by atoms with Gasteiger partial charge in [0.15, 0.2) is 17.1 Å². The number of aromatic nitrogens is 3. The monoisotopic (exact) mass is 1540 g/mol. The van der Waals surface area contributed by atoms with Crippen LogP contribution in [-0.2, 0) is 43.0 Å². The minimum absolute atomic E-state index is 0.0374. The van der Waals surface area contributed by atoms with Crippen molar-refractivity contribution in [2.24, 2.45) is 0 Å². The van der Waals surface area contributed by atoms with Gasteiger partial charge in [0, 0.05) is 139 Å². The number of piperazine rings is 1. The van der Waals surface area contributed by atoms with E-state index in [-0.39, 0.29) is 59.1 Å². The number of carbonyl (C=O) groups is 9.